The summed E-state index contributed by atoms with van der Waals surface area (Å²) in [5, 5.41) is 2.76. The lowest BCUT2D eigenvalue weighted by Gasteiger charge is -2.34. The van der Waals surface area contributed by atoms with Gasteiger partial charge in [-0.05, 0) is 31.2 Å². The first kappa shape index (κ1) is 18.8. The number of nitrogens with one attached hydrogen (secondary N) is 1. The molecule has 1 aromatic rings. The van der Waals surface area contributed by atoms with E-state index in [-0.39, 0.29) is 29.4 Å². The van der Waals surface area contributed by atoms with Crippen molar-refractivity contribution in [2.45, 2.75) is 19.4 Å². The molecule has 2 saturated heterocycles. The average molecular weight is 379 g/mol. The second-order valence-corrected chi connectivity index (χ2v) is 9.11. The van der Waals surface area contributed by atoms with Crippen molar-refractivity contribution in [3.63, 3.8) is 0 Å². The Balaban J connectivity index is 1.64. The zero-order valence-corrected chi connectivity index (χ0v) is 15.8. The van der Waals surface area contributed by atoms with Crippen molar-refractivity contribution in [3.05, 3.63) is 35.4 Å². The molecule has 0 bridgehead atoms. The zero-order chi connectivity index (χ0) is 18.7. The Kier molecular flexibility index (Phi) is 5.62. The van der Waals surface area contributed by atoms with Gasteiger partial charge in [0.05, 0.1) is 11.5 Å². The Morgan fingerprint density at radius 1 is 1.15 bits per heavy atom. The minimum atomic E-state index is -3.05. The van der Waals surface area contributed by atoms with Gasteiger partial charge in [-0.3, -0.25) is 9.59 Å². The lowest BCUT2D eigenvalue weighted by molar-refractivity contribution is 0.0643. The second-order valence-electron chi connectivity index (χ2n) is 6.88. The maximum atomic E-state index is 12.7. The number of piperazine rings is 1. The van der Waals surface area contributed by atoms with Gasteiger partial charge in [-0.1, -0.05) is 13.0 Å². The predicted octanol–water partition coefficient (Wildman–Crippen LogP) is 0.381. The molecule has 1 atom stereocenters. The van der Waals surface area contributed by atoms with Crippen molar-refractivity contribution in [1.82, 2.24) is 15.1 Å². The molecule has 2 amide bonds. The van der Waals surface area contributed by atoms with E-state index in [4.69, 9.17) is 0 Å². The highest BCUT2D eigenvalue weighted by Gasteiger charge is 2.29. The van der Waals surface area contributed by atoms with Crippen LogP contribution < -0.4 is 5.32 Å². The average Bonchev–Trinajstić information content (AvgIpc) is 2.99. The van der Waals surface area contributed by atoms with Gasteiger partial charge in [0.1, 0.15) is 0 Å². The van der Waals surface area contributed by atoms with E-state index < -0.39 is 9.84 Å². The van der Waals surface area contributed by atoms with Gasteiger partial charge in [-0.25, -0.2) is 8.42 Å². The molecular weight excluding hydrogens is 354 g/mol. The first-order chi connectivity index (χ1) is 12.4. The monoisotopic (exact) mass is 379 g/mol. The van der Waals surface area contributed by atoms with Crippen LogP contribution in [0.4, 0.5) is 0 Å². The number of rotatable bonds is 4. The molecule has 2 aliphatic rings. The fraction of sp³-hybridized carbons (Fsp3) is 0.556. The summed E-state index contributed by atoms with van der Waals surface area (Å²) in [6, 6.07) is 6.29. The fourth-order valence-electron chi connectivity index (χ4n) is 3.42. The van der Waals surface area contributed by atoms with Crippen LogP contribution in [-0.4, -0.2) is 80.3 Å². The third-order valence-corrected chi connectivity index (χ3v) is 6.81. The Morgan fingerprint density at radius 3 is 2.46 bits per heavy atom. The van der Waals surface area contributed by atoms with Crippen molar-refractivity contribution in [1.29, 1.82) is 0 Å². The summed E-state index contributed by atoms with van der Waals surface area (Å²) in [4.78, 5) is 29.2. The van der Waals surface area contributed by atoms with E-state index in [1.165, 1.54) is 0 Å². The molecule has 142 valence electrons. The van der Waals surface area contributed by atoms with E-state index in [2.05, 4.69) is 17.1 Å². The number of carbonyl (C=O) groups is 2. The van der Waals surface area contributed by atoms with E-state index >= 15 is 0 Å². The summed E-state index contributed by atoms with van der Waals surface area (Å²) in [5.41, 5.74) is 0.869. The molecule has 0 saturated carbocycles. The summed E-state index contributed by atoms with van der Waals surface area (Å²) in [7, 11) is -3.05. The van der Waals surface area contributed by atoms with Crippen LogP contribution in [-0.2, 0) is 9.84 Å². The number of amides is 2. The van der Waals surface area contributed by atoms with Crippen molar-refractivity contribution >= 4 is 21.7 Å². The number of likely N-dealkylation sites (N-methyl/N-ethyl adjacent to an activating group) is 1. The number of hydrogen-bond donors (Lipinski definition) is 1. The van der Waals surface area contributed by atoms with Gasteiger partial charge in [-0.2, -0.15) is 0 Å². The molecule has 0 aliphatic carbocycles. The molecular formula is C18H25N3O4S. The van der Waals surface area contributed by atoms with Crippen LogP contribution in [0.2, 0.25) is 0 Å². The third-order valence-electron chi connectivity index (χ3n) is 5.05. The SMILES string of the molecule is CCN1CCN(C(=O)c2cccc(C(=O)NC3CCS(=O)(=O)C3)c2)CC1. The van der Waals surface area contributed by atoms with Crippen molar-refractivity contribution in [3.8, 4) is 0 Å². The second kappa shape index (κ2) is 7.75. The van der Waals surface area contributed by atoms with E-state index in [0.717, 1.165) is 19.6 Å². The fourth-order valence-corrected chi connectivity index (χ4v) is 5.09. The number of benzene rings is 1. The van der Waals surface area contributed by atoms with Crippen LogP contribution in [0.15, 0.2) is 24.3 Å². The summed E-state index contributed by atoms with van der Waals surface area (Å²) >= 11 is 0. The summed E-state index contributed by atoms with van der Waals surface area (Å²) in [5.74, 6) is -0.310. The minimum Gasteiger partial charge on any atom is -0.348 e. The summed E-state index contributed by atoms with van der Waals surface area (Å²) in [6.07, 6.45) is 0.439. The van der Waals surface area contributed by atoms with Gasteiger partial charge in [-0.15, -0.1) is 0 Å². The maximum absolute atomic E-state index is 12.7. The topological polar surface area (TPSA) is 86.8 Å². The molecule has 8 heteroatoms. The number of nitrogens with zero attached hydrogens (tertiary/aromatic N) is 2. The summed E-state index contributed by atoms with van der Waals surface area (Å²) in [6.45, 7) is 6.17. The number of carbonyl (C=O) groups excluding carboxylic acids is 2. The highest BCUT2D eigenvalue weighted by molar-refractivity contribution is 7.91. The normalized spacial score (nSPS) is 23.0. The highest BCUT2D eigenvalue weighted by atomic mass is 32.2. The number of sulfone groups is 1. The molecule has 0 radical (unpaired) electrons. The Morgan fingerprint density at radius 2 is 1.85 bits per heavy atom. The minimum absolute atomic E-state index is 0.0148. The lowest BCUT2D eigenvalue weighted by Crippen LogP contribution is -2.48. The predicted molar refractivity (Wildman–Crippen MR) is 99.0 cm³/mol. The molecule has 3 rings (SSSR count). The van der Waals surface area contributed by atoms with Gasteiger partial charge in [0.15, 0.2) is 9.84 Å². The Labute approximate surface area is 154 Å². The lowest BCUT2D eigenvalue weighted by atomic mass is 10.1. The van der Waals surface area contributed by atoms with E-state index in [9.17, 15) is 18.0 Å². The molecule has 0 spiro atoms. The standard InChI is InChI=1S/C18H25N3O4S/c1-2-20-7-9-21(10-8-20)18(23)15-5-3-4-14(12-15)17(22)19-16-6-11-26(24,25)13-16/h3-5,12,16H,2,6-11,13H2,1H3,(H,19,22). The molecule has 2 aliphatic heterocycles. The van der Waals surface area contributed by atoms with Crippen molar-refractivity contribution in [2.24, 2.45) is 0 Å². The van der Waals surface area contributed by atoms with Crippen LogP contribution in [0.25, 0.3) is 0 Å². The largest absolute Gasteiger partial charge is 0.348 e. The Hall–Kier alpha value is -1.93. The van der Waals surface area contributed by atoms with Gasteiger partial charge in [0, 0.05) is 43.3 Å². The first-order valence-electron chi connectivity index (χ1n) is 9.01. The van der Waals surface area contributed by atoms with Gasteiger partial charge in [0.2, 0.25) is 0 Å². The van der Waals surface area contributed by atoms with Crippen molar-refractivity contribution < 1.29 is 18.0 Å². The summed E-state index contributed by atoms with van der Waals surface area (Å²) < 4.78 is 23.0. The molecule has 2 heterocycles. The van der Waals surface area contributed by atoms with Crippen LogP contribution in [0.3, 0.4) is 0 Å². The molecule has 2 fully saturated rings. The van der Waals surface area contributed by atoms with Gasteiger partial charge < -0.3 is 15.1 Å². The van der Waals surface area contributed by atoms with Crippen LogP contribution in [0, 0.1) is 0 Å². The molecule has 7 nitrogen and oxygen atoms in total. The third kappa shape index (κ3) is 4.42. The van der Waals surface area contributed by atoms with Crippen LogP contribution >= 0.6 is 0 Å². The quantitative estimate of drug-likeness (QED) is 0.817. The van der Waals surface area contributed by atoms with E-state index in [1.54, 1.807) is 24.3 Å². The van der Waals surface area contributed by atoms with E-state index in [1.807, 2.05) is 4.90 Å². The van der Waals surface area contributed by atoms with E-state index in [0.29, 0.717) is 30.6 Å². The molecule has 26 heavy (non-hydrogen) atoms. The van der Waals surface area contributed by atoms with Gasteiger partial charge in [0.25, 0.3) is 11.8 Å². The molecule has 1 aromatic carbocycles. The van der Waals surface area contributed by atoms with Crippen molar-refractivity contribution in [2.75, 3.05) is 44.2 Å². The zero-order valence-electron chi connectivity index (χ0n) is 15.0. The Bertz CT molecular complexity index is 785. The number of hydrogen-bond acceptors (Lipinski definition) is 5. The molecule has 1 unspecified atom stereocenters. The first-order valence-corrected chi connectivity index (χ1v) is 10.8. The smallest absolute Gasteiger partial charge is 0.253 e. The van der Waals surface area contributed by atoms with Crippen LogP contribution in [0.5, 0.6) is 0 Å². The molecule has 1 N–H and O–H groups in total. The van der Waals surface area contributed by atoms with Gasteiger partial charge >= 0.3 is 0 Å². The van der Waals surface area contributed by atoms with Crippen LogP contribution in [0.1, 0.15) is 34.1 Å². The highest BCUT2D eigenvalue weighted by Crippen LogP contribution is 2.14. The molecule has 0 aromatic heterocycles. The maximum Gasteiger partial charge on any atom is 0.253 e.